The molecule has 0 heterocycles. The third kappa shape index (κ3) is 10.6. The molecule has 0 radical (unpaired) electrons. The van der Waals surface area contributed by atoms with Crippen LogP contribution in [0.5, 0.6) is 0 Å². The van der Waals surface area contributed by atoms with Crippen molar-refractivity contribution >= 4 is 79.6 Å². The Morgan fingerprint density at radius 2 is 1.37 bits per heavy atom. The van der Waals surface area contributed by atoms with E-state index in [0.29, 0.717) is 12.1 Å². The van der Waals surface area contributed by atoms with Crippen LogP contribution in [0, 0.1) is 0 Å². The third-order valence-electron chi connectivity index (χ3n) is 2.30. The summed E-state index contributed by atoms with van der Waals surface area (Å²) < 4.78 is 17.2. The number of alkyl halides is 5. The smallest absolute Gasteiger partial charge is 0.102 e. The van der Waals surface area contributed by atoms with E-state index in [4.69, 9.17) is 14.2 Å². The van der Waals surface area contributed by atoms with Crippen molar-refractivity contribution in [3.8, 4) is 0 Å². The van der Waals surface area contributed by atoms with Crippen molar-refractivity contribution in [1.29, 1.82) is 0 Å². The summed E-state index contributed by atoms with van der Waals surface area (Å²) in [4.78, 5) is 0. The molecular weight excluding hydrogens is 580 g/mol. The van der Waals surface area contributed by atoms with Crippen LogP contribution in [0.25, 0.3) is 0 Å². The van der Waals surface area contributed by atoms with Crippen molar-refractivity contribution in [1.82, 2.24) is 0 Å². The summed E-state index contributed by atoms with van der Waals surface area (Å²) >= 11 is 17.0. The maximum Gasteiger partial charge on any atom is 0.102 e. The summed E-state index contributed by atoms with van der Waals surface area (Å²) in [5.74, 6) is 0. The molecule has 0 saturated carbocycles. The Labute approximate surface area is 157 Å². The first kappa shape index (κ1) is 21.3. The summed E-state index contributed by atoms with van der Waals surface area (Å²) in [5.41, 5.74) is 0.500. The Kier molecular flexibility index (Phi) is 17.0. The van der Waals surface area contributed by atoms with Gasteiger partial charge in [-0.1, -0.05) is 79.6 Å². The van der Waals surface area contributed by atoms with Gasteiger partial charge in [0.25, 0.3) is 0 Å². The van der Waals surface area contributed by atoms with E-state index in [9.17, 15) is 0 Å². The van der Waals surface area contributed by atoms with Crippen LogP contribution in [0.4, 0.5) is 0 Å². The van der Waals surface area contributed by atoms with E-state index in [1.807, 2.05) is 0 Å². The summed E-state index contributed by atoms with van der Waals surface area (Å²) in [6.07, 6.45) is 1.08. The molecule has 3 nitrogen and oxygen atoms in total. The van der Waals surface area contributed by atoms with E-state index in [2.05, 4.69) is 79.6 Å². The van der Waals surface area contributed by atoms with E-state index < -0.39 is 0 Å². The Morgan fingerprint density at radius 1 is 0.737 bits per heavy atom. The van der Waals surface area contributed by atoms with E-state index >= 15 is 0 Å². The van der Waals surface area contributed by atoms with E-state index in [0.717, 1.165) is 34.3 Å². The van der Waals surface area contributed by atoms with Crippen LogP contribution in [0.3, 0.4) is 0 Å². The fourth-order valence-corrected chi connectivity index (χ4v) is 3.41. The van der Waals surface area contributed by atoms with Crippen LogP contribution >= 0.6 is 79.6 Å². The van der Waals surface area contributed by atoms with Gasteiger partial charge in [-0.2, -0.15) is 0 Å². The molecule has 0 aliphatic carbocycles. The second-order valence-electron chi connectivity index (χ2n) is 3.68. The largest absolute Gasteiger partial charge is 0.375 e. The Hall–Kier alpha value is 2.28. The lowest BCUT2D eigenvalue weighted by atomic mass is 10.2. The molecule has 0 spiro atoms. The summed E-state index contributed by atoms with van der Waals surface area (Å²) in [6.45, 7) is 1.29. The van der Waals surface area contributed by atoms with Gasteiger partial charge in [0.15, 0.2) is 0 Å². The number of hydrogen-bond acceptors (Lipinski definition) is 3. The van der Waals surface area contributed by atoms with Gasteiger partial charge in [-0.25, -0.2) is 0 Å². The molecule has 0 aromatic carbocycles. The molecule has 0 saturated heterocycles. The van der Waals surface area contributed by atoms with Gasteiger partial charge in [-0.3, -0.25) is 0 Å². The molecule has 0 aromatic heterocycles. The van der Waals surface area contributed by atoms with Crippen molar-refractivity contribution in [2.24, 2.45) is 0 Å². The van der Waals surface area contributed by atoms with Gasteiger partial charge in [0.2, 0.25) is 0 Å². The molecule has 0 bridgehead atoms. The van der Waals surface area contributed by atoms with Crippen LogP contribution in [-0.4, -0.2) is 58.4 Å². The van der Waals surface area contributed by atoms with Crippen LogP contribution in [-0.2, 0) is 14.2 Å². The second-order valence-corrected chi connectivity index (χ2v) is 6.88. The van der Waals surface area contributed by atoms with Crippen molar-refractivity contribution in [3.63, 3.8) is 0 Å². The minimum Gasteiger partial charge on any atom is -0.375 e. The van der Waals surface area contributed by atoms with Gasteiger partial charge in [0.1, 0.15) is 5.52 Å². The Bertz CT molecular complexity index is 199. The highest BCUT2D eigenvalue weighted by Crippen LogP contribution is 2.13. The van der Waals surface area contributed by atoms with Crippen molar-refractivity contribution in [2.45, 2.75) is 24.7 Å². The molecule has 3 unspecified atom stereocenters. The zero-order valence-corrected chi connectivity index (χ0v) is 18.4. The highest BCUT2D eigenvalue weighted by atomic mass is 79.9. The van der Waals surface area contributed by atoms with Gasteiger partial charge in [0, 0.05) is 27.9 Å². The van der Waals surface area contributed by atoms with Gasteiger partial charge in [-0.05, 0) is 6.42 Å². The molecule has 3 atom stereocenters. The number of rotatable bonds is 13. The third-order valence-corrected chi connectivity index (χ3v) is 5.12. The van der Waals surface area contributed by atoms with Crippen LogP contribution < -0.4 is 0 Å². The van der Waals surface area contributed by atoms with Gasteiger partial charge in [0.05, 0.1) is 24.9 Å². The van der Waals surface area contributed by atoms with Crippen molar-refractivity contribution in [2.75, 3.05) is 40.1 Å². The number of hydrogen-bond donors (Lipinski definition) is 0. The first-order valence-electron chi connectivity index (χ1n) is 5.88. The maximum absolute atomic E-state index is 5.89. The molecule has 116 valence electrons. The predicted octanol–water partition coefficient (Wildman–Crippen LogP) is 4.46. The molecule has 19 heavy (non-hydrogen) atoms. The van der Waals surface area contributed by atoms with E-state index in [1.165, 1.54) is 0 Å². The molecular formula is C11H19Br5O3. The molecule has 0 N–H and O–H groups in total. The zero-order valence-electron chi connectivity index (χ0n) is 10.5. The average molecular weight is 599 g/mol. The lowest BCUT2D eigenvalue weighted by molar-refractivity contribution is -0.0725. The first-order valence-corrected chi connectivity index (χ1v) is 11.5. The summed E-state index contributed by atoms with van der Waals surface area (Å²) in [5, 5.41) is 3.19. The standard InChI is InChI=1S/C11H19Br5O3/c12-2-1-3-17-9(4-13)7-18-10(5-14)11(6-15)19-8-16/h9-11H,1-8H2. The van der Waals surface area contributed by atoms with Crippen molar-refractivity contribution < 1.29 is 14.2 Å². The topological polar surface area (TPSA) is 27.7 Å². The number of ether oxygens (including phenoxy) is 3. The summed E-state index contributed by atoms with van der Waals surface area (Å²) in [7, 11) is 0. The molecule has 8 heteroatoms. The maximum atomic E-state index is 5.89. The number of halogens is 5. The summed E-state index contributed by atoms with van der Waals surface area (Å²) in [6, 6.07) is 0. The second kappa shape index (κ2) is 15.2. The van der Waals surface area contributed by atoms with E-state index in [-0.39, 0.29) is 18.3 Å². The quantitative estimate of drug-likeness (QED) is 0.232. The Balaban J connectivity index is 4.06. The molecule has 0 fully saturated rings. The van der Waals surface area contributed by atoms with Crippen LogP contribution in [0.15, 0.2) is 0 Å². The van der Waals surface area contributed by atoms with Gasteiger partial charge < -0.3 is 14.2 Å². The van der Waals surface area contributed by atoms with Crippen molar-refractivity contribution in [3.05, 3.63) is 0 Å². The highest BCUT2D eigenvalue weighted by molar-refractivity contribution is 9.10. The molecule has 0 amide bonds. The SMILES string of the molecule is BrCCCOC(CBr)COC(CBr)C(CBr)OCBr. The average Bonchev–Trinajstić information content (AvgIpc) is 2.44. The van der Waals surface area contributed by atoms with Gasteiger partial charge in [-0.15, -0.1) is 0 Å². The molecule has 0 aliphatic rings. The molecule has 0 aromatic rings. The fourth-order valence-electron chi connectivity index (χ4n) is 1.26. The minimum absolute atomic E-state index is 0.00162. The zero-order chi connectivity index (χ0) is 14.5. The normalized spacial score (nSPS) is 16.3. The minimum atomic E-state index is -0.00162. The molecule has 0 aliphatic heterocycles. The van der Waals surface area contributed by atoms with Crippen LogP contribution in [0.2, 0.25) is 0 Å². The van der Waals surface area contributed by atoms with Gasteiger partial charge >= 0.3 is 0 Å². The van der Waals surface area contributed by atoms with E-state index in [1.54, 1.807) is 0 Å². The first-order chi connectivity index (χ1) is 9.23. The van der Waals surface area contributed by atoms with Crippen LogP contribution in [0.1, 0.15) is 6.42 Å². The fraction of sp³-hybridized carbons (Fsp3) is 1.00. The highest BCUT2D eigenvalue weighted by Gasteiger charge is 2.22. The predicted molar refractivity (Wildman–Crippen MR) is 97.9 cm³/mol. The Morgan fingerprint density at radius 3 is 1.84 bits per heavy atom. The lowest BCUT2D eigenvalue weighted by Crippen LogP contribution is -2.37. The lowest BCUT2D eigenvalue weighted by Gasteiger charge is -2.26. The monoisotopic (exact) mass is 594 g/mol. The molecule has 0 rings (SSSR count).